The van der Waals surface area contributed by atoms with Crippen molar-refractivity contribution in [1.29, 1.82) is 0 Å². The van der Waals surface area contributed by atoms with Gasteiger partial charge in [-0.3, -0.25) is 4.79 Å². The highest BCUT2D eigenvalue weighted by Crippen LogP contribution is 2.13. The van der Waals surface area contributed by atoms with E-state index in [9.17, 15) is 4.79 Å². The summed E-state index contributed by atoms with van der Waals surface area (Å²) < 4.78 is 0. The fourth-order valence-corrected chi connectivity index (χ4v) is 1.75. The monoisotopic (exact) mass is 255 g/mol. The Labute approximate surface area is 112 Å². The Morgan fingerprint density at radius 3 is 2.47 bits per heavy atom. The number of carbonyl (C=O) groups excluding carboxylic acids is 1. The van der Waals surface area contributed by atoms with E-state index in [1.165, 1.54) is 11.8 Å². The predicted molar refractivity (Wildman–Crippen MR) is 75.7 cm³/mol. The summed E-state index contributed by atoms with van der Waals surface area (Å²) in [4.78, 5) is 16.0. The molecule has 1 heterocycles. The highest BCUT2D eigenvalue weighted by molar-refractivity contribution is 5.92. The standard InChI is InChI=1S/C15H17N3O/c1-10-3-5-12(6-4-10)11(2)18-15(19)14-8-7-13(16)9-17-14/h3-9,11H,16H2,1-2H3,(H,18,19)/t11-/m1/s1. The summed E-state index contributed by atoms with van der Waals surface area (Å²) in [5.41, 5.74) is 8.71. The average Bonchev–Trinajstić information content (AvgIpc) is 2.40. The molecule has 3 N–H and O–H groups in total. The van der Waals surface area contributed by atoms with E-state index in [0.717, 1.165) is 5.56 Å². The Morgan fingerprint density at radius 1 is 1.21 bits per heavy atom. The van der Waals surface area contributed by atoms with E-state index in [4.69, 9.17) is 5.73 Å². The number of pyridine rings is 1. The summed E-state index contributed by atoms with van der Waals surface area (Å²) in [7, 11) is 0. The molecular formula is C15H17N3O. The minimum absolute atomic E-state index is 0.0625. The molecule has 0 aliphatic carbocycles. The number of amides is 1. The van der Waals surface area contributed by atoms with Crippen LogP contribution < -0.4 is 11.1 Å². The van der Waals surface area contributed by atoms with Gasteiger partial charge < -0.3 is 11.1 Å². The quantitative estimate of drug-likeness (QED) is 0.885. The largest absolute Gasteiger partial charge is 0.397 e. The molecule has 0 radical (unpaired) electrons. The molecule has 4 nitrogen and oxygen atoms in total. The van der Waals surface area contributed by atoms with Gasteiger partial charge >= 0.3 is 0 Å². The third-order valence-electron chi connectivity index (χ3n) is 2.94. The Balaban J connectivity index is 2.06. The van der Waals surface area contributed by atoms with Crippen LogP contribution in [0.5, 0.6) is 0 Å². The molecule has 1 amide bonds. The minimum Gasteiger partial charge on any atom is -0.397 e. The molecule has 2 rings (SSSR count). The van der Waals surface area contributed by atoms with Crippen molar-refractivity contribution in [3.63, 3.8) is 0 Å². The van der Waals surface area contributed by atoms with Gasteiger partial charge in [0.2, 0.25) is 0 Å². The van der Waals surface area contributed by atoms with Crippen molar-refractivity contribution < 1.29 is 4.79 Å². The van der Waals surface area contributed by atoms with Gasteiger partial charge in [0.05, 0.1) is 17.9 Å². The molecule has 0 aliphatic heterocycles. The molecule has 1 aromatic carbocycles. The molecule has 1 atom stereocenters. The molecule has 2 aromatic rings. The van der Waals surface area contributed by atoms with Crippen LogP contribution in [-0.2, 0) is 0 Å². The van der Waals surface area contributed by atoms with Crippen molar-refractivity contribution in [2.24, 2.45) is 0 Å². The van der Waals surface area contributed by atoms with Gasteiger partial charge in [0.15, 0.2) is 0 Å². The lowest BCUT2D eigenvalue weighted by molar-refractivity contribution is 0.0935. The number of benzene rings is 1. The van der Waals surface area contributed by atoms with Gasteiger partial charge in [0.1, 0.15) is 5.69 Å². The Kier molecular flexibility index (Phi) is 3.80. The van der Waals surface area contributed by atoms with Crippen LogP contribution in [0.15, 0.2) is 42.6 Å². The van der Waals surface area contributed by atoms with Gasteiger partial charge in [-0.25, -0.2) is 4.98 Å². The molecule has 0 unspecified atom stereocenters. The highest BCUT2D eigenvalue weighted by atomic mass is 16.1. The topological polar surface area (TPSA) is 68.0 Å². The Bertz CT molecular complexity index is 561. The zero-order valence-electron chi connectivity index (χ0n) is 11.1. The van der Waals surface area contributed by atoms with Gasteiger partial charge in [0, 0.05) is 0 Å². The summed E-state index contributed by atoms with van der Waals surface area (Å²) >= 11 is 0. The molecule has 0 spiro atoms. The molecule has 0 bridgehead atoms. The van der Waals surface area contributed by atoms with Gasteiger partial charge in [-0.1, -0.05) is 29.8 Å². The number of aromatic nitrogens is 1. The van der Waals surface area contributed by atoms with E-state index >= 15 is 0 Å². The van der Waals surface area contributed by atoms with Gasteiger partial charge in [0.25, 0.3) is 5.91 Å². The first-order valence-electron chi connectivity index (χ1n) is 6.15. The maximum atomic E-state index is 12.0. The van der Waals surface area contributed by atoms with Crippen LogP contribution in [0.4, 0.5) is 5.69 Å². The summed E-state index contributed by atoms with van der Waals surface area (Å²) in [5, 5.41) is 2.91. The van der Waals surface area contributed by atoms with Crippen LogP contribution in [0.2, 0.25) is 0 Å². The normalized spacial score (nSPS) is 11.9. The molecule has 0 saturated heterocycles. The van der Waals surface area contributed by atoms with Crippen LogP contribution in [0.25, 0.3) is 0 Å². The van der Waals surface area contributed by atoms with Crippen LogP contribution in [0.3, 0.4) is 0 Å². The lowest BCUT2D eigenvalue weighted by Gasteiger charge is -2.14. The first kappa shape index (κ1) is 13.1. The van der Waals surface area contributed by atoms with Crippen molar-refractivity contribution >= 4 is 11.6 Å². The van der Waals surface area contributed by atoms with Crippen molar-refractivity contribution in [2.75, 3.05) is 5.73 Å². The van der Waals surface area contributed by atoms with Crippen LogP contribution in [0, 0.1) is 6.92 Å². The Hall–Kier alpha value is -2.36. The Morgan fingerprint density at radius 2 is 1.89 bits per heavy atom. The maximum absolute atomic E-state index is 12.0. The average molecular weight is 255 g/mol. The second kappa shape index (κ2) is 5.52. The van der Waals surface area contributed by atoms with Crippen LogP contribution in [-0.4, -0.2) is 10.9 Å². The number of rotatable bonds is 3. The number of nitrogens with two attached hydrogens (primary N) is 1. The van der Waals surface area contributed by atoms with Crippen molar-refractivity contribution in [2.45, 2.75) is 19.9 Å². The van der Waals surface area contributed by atoms with E-state index in [-0.39, 0.29) is 11.9 Å². The molecule has 1 aromatic heterocycles. The van der Waals surface area contributed by atoms with E-state index in [0.29, 0.717) is 11.4 Å². The van der Waals surface area contributed by atoms with Gasteiger partial charge in [-0.15, -0.1) is 0 Å². The highest BCUT2D eigenvalue weighted by Gasteiger charge is 2.12. The van der Waals surface area contributed by atoms with Crippen molar-refractivity contribution in [3.05, 3.63) is 59.4 Å². The molecule has 19 heavy (non-hydrogen) atoms. The predicted octanol–water partition coefficient (Wildman–Crippen LogP) is 2.46. The number of hydrogen-bond acceptors (Lipinski definition) is 3. The molecule has 0 saturated carbocycles. The van der Waals surface area contributed by atoms with E-state index in [1.807, 2.05) is 38.1 Å². The van der Waals surface area contributed by atoms with E-state index in [2.05, 4.69) is 10.3 Å². The third kappa shape index (κ3) is 3.31. The third-order valence-corrected chi connectivity index (χ3v) is 2.94. The smallest absolute Gasteiger partial charge is 0.270 e. The molecule has 4 heteroatoms. The van der Waals surface area contributed by atoms with Crippen molar-refractivity contribution in [1.82, 2.24) is 10.3 Å². The molecule has 0 fully saturated rings. The maximum Gasteiger partial charge on any atom is 0.270 e. The van der Waals surface area contributed by atoms with Crippen molar-refractivity contribution in [3.8, 4) is 0 Å². The zero-order valence-corrected chi connectivity index (χ0v) is 11.1. The number of nitrogen functional groups attached to an aromatic ring is 1. The number of nitrogens with zero attached hydrogens (tertiary/aromatic N) is 1. The number of anilines is 1. The minimum atomic E-state index is -0.201. The number of nitrogens with one attached hydrogen (secondary N) is 1. The number of carbonyl (C=O) groups is 1. The second-order valence-corrected chi connectivity index (χ2v) is 4.58. The fraction of sp³-hybridized carbons (Fsp3) is 0.200. The molecule has 0 aliphatic rings. The molecular weight excluding hydrogens is 238 g/mol. The summed E-state index contributed by atoms with van der Waals surface area (Å²) in [5.74, 6) is -0.201. The van der Waals surface area contributed by atoms with Crippen LogP contribution >= 0.6 is 0 Å². The SMILES string of the molecule is Cc1ccc([C@@H](C)NC(=O)c2ccc(N)cn2)cc1. The van der Waals surface area contributed by atoms with E-state index < -0.39 is 0 Å². The molecule has 98 valence electrons. The van der Waals surface area contributed by atoms with Gasteiger partial charge in [-0.2, -0.15) is 0 Å². The van der Waals surface area contributed by atoms with Gasteiger partial charge in [-0.05, 0) is 31.5 Å². The second-order valence-electron chi connectivity index (χ2n) is 4.58. The summed E-state index contributed by atoms with van der Waals surface area (Å²) in [6.07, 6.45) is 1.48. The lowest BCUT2D eigenvalue weighted by atomic mass is 10.1. The summed E-state index contributed by atoms with van der Waals surface area (Å²) in [6.45, 7) is 3.98. The summed E-state index contributed by atoms with van der Waals surface area (Å²) in [6, 6.07) is 11.3. The zero-order chi connectivity index (χ0) is 13.8. The number of hydrogen-bond donors (Lipinski definition) is 2. The van der Waals surface area contributed by atoms with E-state index in [1.54, 1.807) is 12.1 Å². The van der Waals surface area contributed by atoms with Crippen LogP contribution in [0.1, 0.15) is 34.6 Å². The number of aryl methyl sites for hydroxylation is 1. The first-order chi connectivity index (χ1) is 9.06. The first-order valence-corrected chi connectivity index (χ1v) is 6.15. The lowest BCUT2D eigenvalue weighted by Crippen LogP contribution is -2.27. The fourth-order valence-electron chi connectivity index (χ4n) is 1.75.